The molecule has 12 rings (SSSR count). The van der Waals surface area contributed by atoms with E-state index in [9.17, 15) is 19.8 Å². The summed E-state index contributed by atoms with van der Waals surface area (Å²) in [5.74, 6) is 0.0667. The van der Waals surface area contributed by atoms with Crippen molar-refractivity contribution in [2.75, 3.05) is 23.8 Å². The number of pyridine rings is 2. The predicted molar refractivity (Wildman–Crippen MR) is 232 cm³/mol. The molecule has 7 N–H and O–H groups in total. The molecule has 6 bridgehead atoms. The number of phenolic OH excluding ortho intramolecular Hbond substituents is 1. The second-order valence-corrected chi connectivity index (χ2v) is 20.1. The number of epoxide rings is 1. The molecule has 1 aliphatic carbocycles. The molecule has 2 saturated heterocycles. The number of anilines is 2. The van der Waals surface area contributed by atoms with Crippen LogP contribution in [0.2, 0.25) is 0 Å². The minimum atomic E-state index is -1.44. The summed E-state index contributed by atoms with van der Waals surface area (Å²) >= 11 is 0. The number of aromatic nitrogens is 2. The fourth-order valence-corrected chi connectivity index (χ4v) is 12.9. The lowest BCUT2D eigenvalue weighted by Crippen LogP contribution is -3.04. The van der Waals surface area contributed by atoms with E-state index in [0.29, 0.717) is 71.7 Å². The average Bonchev–Trinajstić information content (AvgIpc) is 3.53. The van der Waals surface area contributed by atoms with Crippen molar-refractivity contribution >= 4 is 56.4 Å². The van der Waals surface area contributed by atoms with Gasteiger partial charge < -0.3 is 40.3 Å². The van der Waals surface area contributed by atoms with E-state index >= 15 is 0 Å². The van der Waals surface area contributed by atoms with Crippen molar-refractivity contribution in [2.45, 2.75) is 87.3 Å². The molecule has 2 fully saturated rings. The highest BCUT2D eigenvalue weighted by molar-refractivity contribution is 8.76. The van der Waals surface area contributed by atoms with Crippen LogP contribution in [0.1, 0.15) is 60.2 Å². The average molecular weight is 862 g/mol. The number of ether oxygens (including phenoxy) is 3. The second kappa shape index (κ2) is 14.2. The summed E-state index contributed by atoms with van der Waals surface area (Å²) in [5.41, 5.74) is 17.3. The molecule has 9 atom stereocenters. The van der Waals surface area contributed by atoms with E-state index < -0.39 is 52.7 Å². The van der Waals surface area contributed by atoms with Gasteiger partial charge in [-0.3, -0.25) is 14.7 Å². The van der Waals surface area contributed by atoms with Crippen LogP contribution in [0.25, 0.3) is 22.2 Å². The molecular weight excluding hydrogens is 817 g/mol. The van der Waals surface area contributed by atoms with Gasteiger partial charge in [-0.2, -0.15) is 0 Å². The molecule has 314 valence electrons. The third-order valence-corrected chi connectivity index (χ3v) is 15.8. The molecule has 7 aliphatic heterocycles. The number of hydrogen-bond donors (Lipinski definition) is 5. The minimum Gasteiger partial charge on any atom is -0.507 e. The number of aliphatic hydroxyl groups is 1. The van der Waals surface area contributed by atoms with E-state index in [1.54, 1.807) is 34.6 Å². The lowest BCUT2D eigenvalue weighted by atomic mass is 9.67. The first-order valence-corrected chi connectivity index (χ1v) is 23.2. The molecule has 14 nitrogen and oxygen atoms in total. The molecule has 61 heavy (non-hydrogen) atoms. The summed E-state index contributed by atoms with van der Waals surface area (Å²) in [7, 11) is 3.26. The van der Waals surface area contributed by atoms with Gasteiger partial charge >= 0.3 is 5.97 Å². The second-order valence-electron chi connectivity index (χ2n) is 17.5. The minimum absolute atomic E-state index is 0.0283. The van der Waals surface area contributed by atoms with Crippen molar-refractivity contribution in [1.29, 1.82) is 0 Å². The number of carbonyl (C=O) groups is 1. The van der Waals surface area contributed by atoms with Crippen LogP contribution in [0.5, 0.6) is 11.5 Å². The number of aromatic hydroxyl groups is 1. The van der Waals surface area contributed by atoms with Crippen LogP contribution in [-0.2, 0) is 33.0 Å². The Kier molecular flexibility index (Phi) is 9.03. The number of fused-ring (bicyclic) bond motifs is 8. The molecule has 3 aromatic heterocycles. The van der Waals surface area contributed by atoms with Gasteiger partial charge in [-0.1, -0.05) is 33.7 Å². The Morgan fingerprint density at radius 2 is 1.95 bits per heavy atom. The number of phenols is 1. The zero-order chi connectivity index (χ0) is 41.9. The van der Waals surface area contributed by atoms with E-state index in [4.69, 9.17) is 40.1 Å². The van der Waals surface area contributed by atoms with Crippen LogP contribution in [0.4, 0.5) is 11.6 Å². The summed E-state index contributed by atoms with van der Waals surface area (Å²) in [6, 6.07) is 8.94. The largest absolute Gasteiger partial charge is 0.507 e. The van der Waals surface area contributed by atoms with Crippen LogP contribution < -0.4 is 26.5 Å². The summed E-state index contributed by atoms with van der Waals surface area (Å²) in [5, 5.41) is 23.9. The summed E-state index contributed by atoms with van der Waals surface area (Å²) in [6.45, 7) is 5.04. The van der Waals surface area contributed by atoms with Gasteiger partial charge in [0.25, 0.3) is 0 Å². The maximum absolute atomic E-state index is 14.8. The Balaban J connectivity index is 0.996. The number of nitrogens with two attached hydrogens (primary N) is 2. The number of benzene rings is 1. The molecule has 10 heterocycles. The quantitative estimate of drug-likeness (QED) is 0.0816. The Morgan fingerprint density at radius 1 is 1.08 bits per heavy atom. The first-order chi connectivity index (χ1) is 29.4. The van der Waals surface area contributed by atoms with Crippen molar-refractivity contribution < 1.29 is 38.5 Å². The highest BCUT2D eigenvalue weighted by Crippen LogP contribution is 2.59. The topological polar surface area (TPSA) is 213 Å². The van der Waals surface area contributed by atoms with Crippen LogP contribution in [-0.4, -0.2) is 74.2 Å². The van der Waals surface area contributed by atoms with Crippen molar-refractivity contribution in [2.24, 2.45) is 16.8 Å². The molecule has 1 spiro atoms. The van der Waals surface area contributed by atoms with Gasteiger partial charge in [-0.15, -0.1) is 0 Å². The van der Waals surface area contributed by atoms with E-state index in [2.05, 4.69) is 17.3 Å². The Hall–Kier alpha value is -5.13. The van der Waals surface area contributed by atoms with Crippen molar-refractivity contribution in [1.82, 2.24) is 9.97 Å². The fraction of sp³-hybridized carbons (Fsp3) is 0.400. The Labute approximate surface area is 358 Å². The third-order valence-electron chi connectivity index (χ3n) is 13.5. The van der Waals surface area contributed by atoms with Crippen LogP contribution >= 0.6 is 21.6 Å². The normalized spacial score (nSPS) is 32.2. The summed E-state index contributed by atoms with van der Waals surface area (Å²) in [6.07, 6.45) is 9.13. The Bertz CT molecular complexity index is 2750. The van der Waals surface area contributed by atoms with Gasteiger partial charge in [0.15, 0.2) is 11.0 Å². The molecule has 0 saturated carbocycles. The smallest absolute Gasteiger partial charge is 0.342 e. The number of nitrogens with one attached hydrogen (secondary N) is 1. The number of quaternary nitrogens is 1. The number of aliphatic hydroxyl groups excluding tert-OH is 1. The number of carbonyl (C=O) groups excluding carboxylic acids is 1. The molecule has 1 aromatic carbocycles. The molecule has 16 heteroatoms. The van der Waals surface area contributed by atoms with Crippen LogP contribution in [0, 0.1) is 18.8 Å². The highest BCUT2D eigenvalue weighted by Gasteiger charge is 2.71. The number of allylic oxidation sites excluding steroid dienone is 2. The first kappa shape index (κ1) is 38.8. The summed E-state index contributed by atoms with van der Waals surface area (Å²) in [4.78, 5) is 43.6. The number of aliphatic imine (C=N–C) groups is 1. The van der Waals surface area contributed by atoms with Gasteiger partial charge in [0, 0.05) is 70.4 Å². The zero-order valence-electron chi connectivity index (χ0n) is 33.6. The van der Waals surface area contributed by atoms with E-state index in [1.165, 1.54) is 16.5 Å². The highest BCUT2D eigenvalue weighted by atomic mass is 33.1. The van der Waals surface area contributed by atoms with Crippen LogP contribution in [0.15, 0.2) is 80.2 Å². The number of nitrogens with zero attached hydrogens (tertiary/aromatic N) is 3. The van der Waals surface area contributed by atoms with Gasteiger partial charge in [0.2, 0.25) is 0 Å². The number of rotatable bonds is 2. The number of aryl methyl sites for hydroxylation is 2. The van der Waals surface area contributed by atoms with Gasteiger partial charge in [0.05, 0.1) is 17.5 Å². The molecule has 8 aliphatic rings. The summed E-state index contributed by atoms with van der Waals surface area (Å²) < 4.78 is 25.9. The van der Waals surface area contributed by atoms with Crippen molar-refractivity contribution in [3.8, 4) is 22.8 Å². The predicted octanol–water partition coefficient (Wildman–Crippen LogP) is 4.45. The lowest BCUT2D eigenvalue weighted by molar-refractivity contribution is -0.852. The van der Waals surface area contributed by atoms with Gasteiger partial charge in [-0.05, 0) is 68.9 Å². The fourth-order valence-electron chi connectivity index (χ4n) is 10.6. The standard InChI is InChI=1S/C45H44N6O8S2/c1-21-11-32(53)38-33(56-21)16-34-39(40(38)54)37-23-4-5-28(31(52)14-23)45-35(59-45)6-3-22-12-29(50-36(46)13-22)26-15-25(18-51-17-24-7-9-48-30(24)19-51)49-42(47)27(26)20-61-60-10-8-44(2,58-34)41(37)57-43(45)55/h4-5,7,9,11-13,15-16,19,23,28,31,35,37,41,52,54H,3,6,8,10,14,17-18,20H2,1-2H3,(H2,46,50)(H2,47,49)/p+1/t23-,28-,31+,35+,37-,41+,44-,45-/m0/s1. The van der Waals surface area contributed by atoms with Gasteiger partial charge in [-0.25, -0.2) is 14.8 Å². The maximum atomic E-state index is 14.8. The molecule has 0 amide bonds. The lowest BCUT2D eigenvalue weighted by Gasteiger charge is -2.48. The Morgan fingerprint density at radius 3 is 2.79 bits per heavy atom. The van der Waals surface area contributed by atoms with Crippen molar-refractivity contribution in [3.05, 3.63) is 104 Å². The van der Waals surface area contributed by atoms with Crippen LogP contribution in [0.3, 0.4) is 0 Å². The van der Waals surface area contributed by atoms with E-state index in [-0.39, 0.29) is 29.1 Å². The monoisotopic (exact) mass is 861 g/mol. The van der Waals surface area contributed by atoms with Crippen molar-refractivity contribution in [3.63, 3.8) is 0 Å². The third kappa shape index (κ3) is 6.31. The van der Waals surface area contributed by atoms with E-state index in [0.717, 1.165) is 34.6 Å². The molecule has 1 unspecified atom stereocenters. The SMILES string of the molecule is Cc1cc(=O)c2c(O)c3c(cc2o1)O[C@@]1(C)CCSSCc2c(cc(C[NH+]4C=C5N=CC=C5C4)nc2N)-c2cc(cc(N)n2)CC[C@H]2O[C@]24C(=O)O[C@@H]1[C@H]3[C@H]1C=C[C@H]4[C@H](O)C1. The first-order valence-electron chi connectivity index (χ1n) is 20.7. The molecule has 0 radical (unpaired) electrons. The van der Waals surface area contributed by atoms with Gasteiger partial charge in [0.1, 0.15) is 82.7 Å². The molecule has 4 aromatic rings. The molecular formula is C45H45N6O8S2+. The maximum Gasteiger partial charge on any atom is 0.342 e. The number of esters is 1. The zero-order valence-corrected chi connectivity index (χ0v) is 35.2. The number of nitrogen functional groups attached to an aromatic ring is 2. The van der Waals surface area contributed by atoms with E-state index in [1.807, 2.05) is 43.5 Å². The number of hydrogen-bond acceptors (Lipinski definition) is 15.